The van der Waals surface area contributed by atoms with Crippen molar-refractivity contribution >= 4 is 11.8 Å². The van der Waals surface area contributed by atoms with Crippen molar-refractivity contribution < 1.29 is 14.3 Å². The lowest BCUT2D eigenvalue weighted by Gasteiger charge is -2.32. The maximum atomic E-state index is 12.9. The van der Waals surface area contributed by atoms with Gasteiger partial charge in [-0.15, -0.1) is 0 Å². The van der Waals surface area contributed by atoms with Gasteiger partial charge in [-0.1, -0.05) is 42.5 Å². The first kappa shape index (κ1) is 19.7. The highest BCUT2D eigenvalue weighted by Crippen LogP contribution is 2.23. The highest BCUT2D eigenvalue weighted by atomic mass is 16.5. The van der Waals surface area contributed by atoms with Gasteiger partial charge >= 0.3 is 0 Å². The molecule has 2 amide bonds. The van der Waals surface area contributed by atoms with Gasteiger partial charge in [0.2, 0.25) is 0 Å². The minimum atomic E-state index is -0.0638. The van der Waals surface area contributed by atoms with Crippen molar-refractivity contribution in [3.8, 4) is 11.5 Å². The number of ether oxygens (including phenoxy) is 1. The Bertz CT molecular complexity index is 997. The number of likely N-dealkylation sites (tertiary alicyclic amines) is 1. The molecule has 3 aromatic carbocycles. The number of rotatable bonds is 5. The van der Waals surface area contributed by atoms with Crippen molar-refractivity contribution in [3.63, 3.8) is 0 Å². The zero-order valence-corrected chi connectivity index (χ0v) is 16.7. The molecular formula is C25H24N2O3. The summed E-state index contributed by atoms with van der Waals surface area (Å²) >= 11 is 0. The van der Waals surface area contributed by atoms with Gasteiger partial charge in [0.25, 0.3) is 11.8 Å². The van der Waals surface area contributed by atoms with Crippen molar-refractivity contribution in [1.29, 1.82) is 0 Å². The summed E-state index contributed by atoms with van der Waals surface area (Å²) in [4.78, 5) is 27.1. The molecule has 1 N–H and O–H groups in total. The summed E-state index contributed by atoms with van der Waals surface area (Å²) in [5, 5.41) is 3.07. The molecule has 0 bridgehead atoms. The zero-order valence-electron chi connectivity index (χ0n) is 16.7. The average Bonchev–Trinajstić information content (AvgIpc) is 2.80. The van der Waals surface area contributed by atoms with E-state index in [0.29, 0.717) is 30.0 Å². The van der Waals surface area contributed by atoms with E-state index in [0.717, 1.165) is 18.6 Å². The number of hydrogen-bond acceptors (Lipinski definition) is 3. The van der Waals surface area contributed by atoms with Crippen LogP contribution in [-0.2, 0) is 0 Å². The molecule has 4 rings (SSSR count). The van der Waals surface area contributed by atoms with Crippen LogP contribution >= 0.6 is 0 Å². The van der Waals surface area contributed by atoms with Crippen molar-refractivity contribution in [1.82, 2.24) is 10.2 Å². The molecule has 1 aliphatic heterocycles. The zero-order chi connectivity index (χ0) is 20.8. The second kappa shape index (κ2) is 9.27. The summed E-state index contributed by atoms with van der Waals surface area (Å²) in [6.07, 6.45) is 1.48. The second-order valence-corrected chi connectivity index (χ2v) is 7.35. The van der Waals surface area contributed by atoms with Crippen molar-refractivity contribution in [3.05, 3.63) is 96.1 Å². The third-order valence-corrected chi connectivity index (χ3v) is 5.21. The lowest BCUT2D eigenvalue weighted by molar-refractivity contribution is 0.0697. The predicted molar refractivity (Wildman–Crippen MR) is 116 cm³/mol. The van der Waals surface area contributed by atoms with E-state index in [2.05, 4.69) is 5.32 Å². The fourth-order valence-corrected chi connectivity index (χ4v) is 3.58. The maximum Gasteiger partial charge on any atom is 0.253 e. The number of benzene rings is 3. The summed E-state index contributed by atoms with van der Waals surface area (Å²) in [6.45, 7) is 1.23. The van der Waals surface area contributed by atoms with Crippen molar-refractivity contribution in [2.75, 3.05) is 13.1 Å². The van der Waals surface area contributed by atoms with Gasteiger partial charge in [-0.3, -0.25) is 9.59 Å². The quantitative estimate of drug-likeness (QED) is 0.685. The van der Waals surface area contributed by atoms with Crippen LogP contribution in [0.4, 0.5) is 0 Å². The van der Waals surface area contributed by atoms with E-state index in [1.54, 1.807) is 18.2 Å². The van der Waals surface area contributed by atoms with Crippen LogP contribution in [0.2, 0.25) is 0 Å². The number of nitrogens with zero attached hydrogens (tertiary/aromatic N) is 1. The molecule has 1 aliphatic rings. The molecule has 0 aliphatic carbocycles. The predicted octanol–water partition coefficient (Wildman–Crippen LogP) is 4.51. The first-order valence-electron chi connectivity index (χ1n) is 10.2. The molecule has 0 atom stereocenters. The Balaban J connectivity index is 1.33. The van der Waals surface area contributed by atoms with Crippen LogP contribution in [-0.4, -0.2) is 35.8 Å². The number of para-hydroxylation sites is 1. The second-order valence-electron chi connectivity index (χ2n) is 7.35. The van der Waals surface area contributed by atoms with E-state index < -0.39 is 0 Å². The summed E-state index contributed by atoms with van der Waals surface area (Å²) in [6, 6.07) is 26.0. The molecule has 3 aromatic rings. The standard InChI is InChI=1S/C25H24N2O3/c28-24(19-8-3-1-4-9-19)26-21-14-16-27(17-15-21)25(29)20-10-7-13-23(18-20)30-22-11-5-2-6-12-22/h1-13,18,21H,14-17H2,(H,26,28). The van der Waals surface area contributed by atoms with Crippen LogP contribution in [0.15, 0.2) is 84.9 Å². The Morgan fingerprint density at radius 3 is 2.07 bits per heavy atom. The normalized spacial score (nSPS) is 14.2. The Kier molecular flexibility index (Phi) is 6.09. The number of amides is 2. The smallest absolute Gasteiger partial charge is 0.253 e. The molecule has 0 saturated carbocycles. The lowest BCUT2D eigenvalue weighted by atomic mass is 10.0. The van der Waals surface area contributed by atoms with Gasteiger partial charge in [0, 0.05) is 30.3 Å². The van der Waals surface area contributed by atoms with Crippen LogP contribution in [0.25, 0.3) is 0 Å². The number of carbonyl (C=O) groups excluding carboxylic acids is 2. The molecular weight excluding hydrogens is 376 g/mol. The highest BCUT2D eigenvalue weighted by molar-refractivity contribution is 5.95. The summed E-state index contributed by atoms with van der Waals surface area (Å²) in [5.41, 5.74) is 1.27. The molecule has 0 spiro atoms. The third kappa shape index (κ3) is 4.87. The molecule has 30 heavy (non-hydrogen) atoms. The van der Waals surface area contributed by atoms with Crippen molar-refractivity contribution in [2.45, 2.75) is 18.9 Å². The van der Waals surface area contributed by atoms with E-state index in [1.165, 1.54) is 0 Å². The highest BCUT2D eigenvalue weighted by Gasteiger charge is 2.25. The fourth-order valence-electron chi connectivity index (χ4n) is 3.58. The minimum Gasteiger partial charge on any atom is -0.457 e. The molecule has 152 valence electrons. The topological polar surface area (TPSA) is 58.6 Å². The monoisotopic (exact) mass is 400 g/mol. The van der Waals surface area contributed by atoms with Crippen LogP contribution < -0.4 is 10.1 Å². The van der Waals surface area contributed by atoms with Crippen LogP contribution in [0.3, 0.4) is 0 Å². The van der Waals surface area contributed by atoms with Gasteiger partial charge < -0.3 is 15.0 Å². The molecule has 1 saturated heterocycles. The van der Waals surface area contributed by atoms with E-state index in [4.69, 9.17) is 4.74 Å². The van der Waals surface area contributed by atoms with Gasteiger partial charge in [-0.25, -0.2) is 0 Å². The molecule has 0 unspecified atom stereocenters. The summed E-state index contributed by atoms with van der Waals surface area (Å²) < 4.78 is 5.84. The van der Waals surface area contributed by atoms with Crippen molar-refractivity contribution in [2.24, 2.45) is 0 Å². The Labute approximate surface area is 176 Å². The minimum absolute atomic E-state index is 0.0126. The molecule has 0 radical (unpaired) electrons. The summed E-state index contributed by atoms with van der Waals surface area (Å²) in [5.74, 6) is 1.29. The first-order chi connectivity index (χ1) is 14.7. The molecule has 5 nitrogen and oxygen atoms in total. The maximum absolute atomic E-state index is 12.9. The van der Waals surface area contributed by atoms with Gasteiger partial charge in [-0.05, 0) is 55.3 Å². The van der Waals surface area contributed by atoms with E-state index in [-0.39, 0.29) is 17.9 Å². The number of nitrogens with one attached hydrogen (secondary N) is 1. The Morgan fingerprint density at radius 2 is 1.37 bits per heavy atom. The molecule has 1 fully saturated rings. The Hall–Kier alpha value is -3.60. The third-order valence-electron chi connectivity index (χ3n) is 5.21. The number of carbonyl (C=O) groups is 2. The van der Waals surface area contributed by atoms with Gasteiger partial charge in [-0.2, -0.15) is 0 Å². The van der Waals surface area contributed by atoms with E-state index >= 15 is 0 Å². The van der Waals surface area contributed by atoms with Crippen LogP contribution in [0, 0.1) is 0 Å². The average molecular weight is 400 g/mol. The largest absolute Gasteiger partial charge is 0.457 e. The van der Waals surface area contributed by atoms with E-state index in [1.807, 2.05) is 71.6 Å². The number of hydrogen-bond donors (Lipinski definition) is 1. The van der Waals surface area contributed by atoms with Crippen LogP contribution in [0.5, 0.6) is 11.5 Å². The molecule has 1 heterocycles. The fraction of sp³-hybridized carbons (Fsp3) is 0.200. The lowest BCUT2D eigenvalue weighted by Crippen LogP contribution is -2.46. The summed E-state index contributed by atoms with van der Waals surface area (Å²) in [7, 11) is 0. The van der Waals surface area contributed by atoms with Crippen LogP contribution in [0.1, 0.15) is 33.6 Å². The van der Waals surface area contributed by atoms with E-state index in [9.17, 15) is 9.59 Å². The van der Waals surface area contributed by atoms with Gasteiger partial charge in [0.15, 0.2) is 0 Å². The SMILES string of the molecule is O=C(NC1CCN(C(=O)c2cccc(Oc3ccccc3)c2)CC1)c1ccccc1. The molecule has 0 aromatic heterocycles. The number of piperidine rings is 1. The van der Waals surface area contributed by atoms with Gasteiger partial charge in [0.1, 0.15) is 11.5 Å². The molecule has 5 heteroatoms. The first-order valence-corrected chi connectivity index (χ1v) is 10.2. The Morgan fingerprint density at radius 1 is 0.767 bits per heavy atom. The van der Waals surface area contributed by atoms with Gasteiger partial charge in [0.05, 0.1) is 0 Å².